The Morgan fingerprint density at radius 3 is 1.29 bits per heavy atom. The van der Waals surface area contributed by atoms with E-state index >= 15 is 0 Å². The quantitative estimate of drug-likeness (QED) is 0.216. The molecule has 0 nitrogen and oxygen atoms in total. The van der Waals surface area contributed by atoms with Gasteiger partial charge >= 0.3 is 0 Å². The minimum Gasteiger partial charge on any atom is -0.0654 e. The standard InChI is InChI=1S/C28H32/c1-3-5-7-11-21-15-25-19-27-17-23-13-9-10-14-24(23)18-28(27)20-26(25)16-22(21)12-8-6-4-2/h9-10,13-20H,3-8,11-12H2,1-2H3. The molecule has 0 atom stereocenters. The van der Waals surface area contributed by atoms with Gasteiger partial charge in [0, 0.05) is 0 Å². The number of rotatable bonds is 8. The van der Waals surface area contributed by atoms with Crippen molar-refractivity contribution in [2.45, 2.75) is 65.2 Å². The molecule has 0 N–H and O–H groups in total. The van der Waals surface area contributed by atoms with Crippen LogP contribution in [0.1, 0.15) is 63.5 Å². The number of hydrogen-bond donors (Lipinski definition) is 0. The lowest BCUT2D eigenvalue weighted by molar-refractivity contribution is 0.694. The predicted octanol–water partition coefficient (Wildman–Crippen LogP) is 8.61. The fraction of sp³-hybridized carbons (Fsp3) is 0.357. The summed E-state index contributed by atoms with van der Waals surface area (Å²) in [6, 6.07) is 23.1. The highest BCUT2D eigenvalue weighted by Gasteiger charge is 2.08. The van der Waals surface area contributed by atoms with E-state index in [0.717, 1.165) is 0 Å². The Morgan fingerprint density at radius 2 is 0.857 bits per heavy atom. The van der Waals surface area contributed by atoms with Gasteiger partial charge in [0.05, 0.1) is 0 Å². The summed E-state index contributed by atoms with van der Waals surface area (Å²) >= 11 is 0. The molecule has 0 aliphatic heterocycles. The Labute approximate surface area is 169 Å². The van der Waals surface area contributed by atoms with E-state index in [1.54, 1.807) is 11.1 Å². The minimum atomic E-state index is 1.22. The highest BCUT2D eigenvalue weighted by Crippen LogP contribution is 2.30. The highest BCUT2D eigenvalue weighted by atomic mass is 14.1. The summed E-state index contributed by atoms with van der Waals surface area (Å²) in [7, 11) is 0. The lowest BCUT2D eigenvalue weighted by Crippen LogP contribution is -1.96. The van der Waals surface area contributed by atoms with E-state index in [1.165, 1.54) is 83.7 Å². The Hall–Kier alpha value is -2.34. The van der Waals surface area contributed by atoms with Crippen LogP contribution < -0.4 is 0 Å². The van der Waals surface area contributed by atoms with Crippen LogP contribution in [0.2, 0.25) is 0 Å². The number of aryl methyl sites for hydroxylation is 2. The zero-order chi connectivity index (χ0) is 19.3. The molecule has 0 heterocycles. The molecule has 0 saturated heterocycles. The first-order valence-electron chi connectivity index (χ1n) is 11.2. The van der Waals surface area contributed by atoms with Crippen molar-refractivity contribution >= 4 is 32.3 Å². The summed E-state index contributed by atoms with van der Waals surface area (Å²) in [5.74, 6) is 0. The maximum Gasteiger partial charge on any atom is -0.0171 e. The largest absolute Gasteiger partial charge is 0.0654 e. The van der Waals surface area contributed by atoms with Crippen molar-refractivity contribution in [3.8, 4) is 0 Å². The summed E-state index contributed by atoms with van der Waals surface area (Å²) in [4.78, 5) is 0. The third-order valence-electron chi connectivity index (χ3n) is 6.08. The average Bonchev–Trinajstić information content (AvgIpc) is 2.71. The summed E-state index contributed by atoms with van der Waals surface area (Å²) in [6.45, 7) is 4.58. The zero-order valence-corrected chi connectivity index (χ0v) is 17.4. The van der Waals surface area contributed by atoms with E-state index < -0.39 is 0 Å². The van der Waals surface area contributed by atoms with E-state index in [4.69, 9.17) is 0 Å². The van der Waals surface area contributed by atoms with Crippen molar-refractivity contribution in [1.29, 1.82) is 0 Å². The molecule has 0 bridgehead atoms. The summed E-state index contributed by atoms with van der Waals surface area (Å²) < 4.78 is 0. The van der Waals surface area contributed by atoms with Crippen molar-refractivity contribution < 1.29 is 0 Å². The molecular formula is C28H32. The van der Waals surface area contributed by atoms with Crippen molar-refractivity contribution in [3.63, 3.8) is 0 Å². The lowest BCUT2D eigenvalue weighted by atomic mass is 9.92. The second-order valence-corrected chi connectivity index (χ2v) is 8.28. The normalized spacial score (nSPS) is 11.6. The molecule has 4 rings (SSSR count). The molecule has 0 unspecified atom stereocenters. The van der Waals surface area contributed by atoms with Gasteiger partial charge in [-0.1, -0.05) is 75.9 Å². The Bertz CT molecular complexity index is 1000. The first kappa shape index (κ1) is 19.0. The van der Waals surface area contributed by atoms with Crippen molar-refractivity contribution in [2.24, 2.45) is 0 Å². The van der Waals surface area contributed by atoms with Crippen LogP contribution in [0.3, 0.4) is 0 Å². The van der Waals surface area contributed by atoms with Crippen LogP contribution in [0, 0.1) is 0 Å². The van der Waals surface area contributed by atoms with Crippen LogP contribution in [-0.4, -0.2) is 0 Å². The number of unbranched alkanes of at least 4 members (excludes halogenated alkanes) is 4. The van der Waals surface area contributed by atoms with Gasteiger partial charge in [-0.15, -0.1) is 0 Å². The first-order chi connectivity index (χ1) is 13.8. The average molecular weight is 369 g/mol. The van der Waals surface area contributed by atoms with Gasteiger partial charge in [-0.25, -0.2) is 0 Å². The lowest BCUT2D eigenvalue weighted by Gasteiger charge is -2.13. The van der Waals surface area contributed by atoms with Crippen LogP contribution in [0.4, 0.5) is 0 Å². The van der Waals surface area contributed by atoms with Gasteiger partial charge in [-0.3, -0.25) is 0 Å². The van der Waals surface area contributed by atoms with Gasteiger partial charge in [-0.05, 0) is 93.4 Å². The molecule has 0 saturated carbocycles. The van der Waals surface area contributed by atoms with Crippen LogP contribution in [-0.2, 0) is 12.8 Å². The summed E-state index contributed by atoms with van der Waals surface area (Å²) in [6.07, 6.45) is 10.3. The van der Waals surface area contributed by atoms with E-state index in [2.05, 4.69) is 74.5 Å². The molecule has 28 heavy (non-hydrogen) atoms. The number of fused-ring (bicyclic) bond motifs is 3. The maximum absolute atomic E-state index is 2.49. The van der Waals surface area contributed by atoms with Gasteiger partial charge in [0.2, 0.25) is 0 Å². The second kappa shape index (κ2) is 8.78. The maximum atomic E-state index is 2.49. The van der Waals surface area contributed by atoms with Gasteiger partial charge in [-0.2, -0.15) is 0 Å². The molecule has 0 aliphatic rings. The second-order valence-electron chi connectivity index (χ2n) is 8.28. The number of hydrogen-bond acceptors (Lipinski definition) is 0. The fourth-order valence-corrected chi connectivity index (χ4v) is 4.43. The Kier molecular flexibility index (Phi) is 5.95. The Morgan fingerprint density at radius 1 is 0.464 bits per heavy atom. The van der Waals surface area contributed by atoms with Gasteiger partial charge in [0.15, 0.2) is 0 Å². The molecule has 0 spiro atoms. The molecule has 144 valence electrons. The molecule has 0 heteroatoms. The molecule has 0 fully saturated rings. The van der Waals surface area contributed by atoms with E-state index in [0.29, 0.717) is 0 Å². The molecule has 0 aliphatic carbocycles. The van der Waals surface area contributed by atoms with Gasteiger partial charge in [0.25, 0.3) is 0 Å². The molecular weight excluding hydrogens is 336 g/mol. The van der Waals surface area contributed by atoms with Crippen molar-refractivity contribution in [3.05, 3.63) is 71.8 Å². The number of benzene rings is 4. The van der Waals surface area contributed by atoms with Gasteiger partial charge < -0.3 is 0 Å². The molecule has 4 aromatic rings. The molecule has 0 radical (unpaired) electrons. The third kappa shape index (κ3) is 4.07. The van der Waals surface area contributed by atoms with Gasteiger partial charge in [0.1, 0.15) is 0 Å². The molecule has 0 amide bonds. The van der Waals surface area contributed by atoms with E-state index in [-0.39, 0.29) is 0 Å². The van der Waals surface area contributed by atoms with Crippen LogP contribution in [0.25, 0.3) is 32.3 Å². The zero-order valence-electron chi connectivity index (χ0n) is 17.4. The first-order valence-corrected chi connectivity index (χ1v) is 11.2. The Balaban J connectivity index is 1.79. The topological polar surface area (TPSA) is 0 Å². The van der Waals surface area contributed by atoms with Crippen LogP contribution in [0.5, 0.6) is 0 Å². The van der Waals surface area contributed by atoms with Crippen LogP contribution in [0.15, 0.2) is 60.7 Å². The van der Waals surface area contributed by atoms with Crippen molar-refractivity contribution in [2.75, 3.05) is 0 Å². The fourth-order valence-electron chi connectivity index (χ4n) is 4.43. The van der Waals surface area contributed by atoms with E-state index in [9.17, 15) is 0 Å². The third-order valence-corrected chi connectivity index (χ3v) is 6.08. The smallest absolute Gasteiger partial charge is 0.0171 e. The predicted molar refractivity (Wildman–Crippen MR) is 125 cm³/mol. The monoisotopic (exact) mass is 368 g/mol. The SMILES string of the molecule is CCCCCc1cc2cc3cc4ccccc4cc3cc2cc1CCCCC. The highest BCUT2D eigenvalue weighted by molar-refractivity contribution is 6.04. The minimum absolute atomic E-state index is 1.22. The van der Waals surface area contributed by atoms with E-state index in [1.807, 2.05) is 0 Å². The molecule has 4 aromatic carbocycles. The summed E-state index contributed by atoms with van der Waals surface area (Å²) in [5, 5.41) is 8.15. The molecule has 0 aromatic heterocycles. The van der Waals surface area contributed by atoms with Crippen molar-refractivity contribution in [1.82, 2.24) is 0 Å². The van der Waals surface area contributed by atoms with Crippen LogP contribution >= 0.6 is 0 Å². The summed E-state index contributed by atoms with van der Waals surface area (Å²) in [5.41, 5.74) is 3.16.